The number of benzene rings is 2. The molecule has 1 aliphatic carbocycles. The van der Waals surface area contributed by atoms with Crippen molar-refractivity contribution >= 4 is 12.0 Å². The van der Waals surface area contributed by atoms with E-state index < -0.39 is 42.2 Å². The molecule has 6 nitrogen and oxygen atoms in total. The molecule has 0 aromatic heterocycles. The number of cyclic esters (lactones) is 1. The molecule has 2 aliphatic rings. The summed E-state index contributed by atoms with van der Waals surface area (Å²) in [6.07, 6.45) is -5.42. The van der Waals surface area contributed by atoms with Crippen LogP contribution < -0.4 is 14.8 Å². The molecule has 2 aromatic carbocycles. The average Bonchev–Trinajstić information content (AvgIpc) is 3.23. The lowest BCUT2D eigenvalue weighted by Gasteiger charge is -2.17. The lowest BCUT2D eigenvalue weighted by molar-refractivity contribution is -0.138. The number of rotatable bonds is 5. The van der Waals surface area contributed by atoms with Gasteiger partial charge in [-0.05, 0) is 54.3 Å². The number of alkyl carbamates (subject to hydrolysis) is 1. The standard InChI is InChI=1S/C20H14F5NO5/c21-18(22)30-15-8-10(20(23,24)25)2-6-14(15)29-11-3-5-12-9(7-11)1-4-13(12)16-17(27)26-19(28)31-16/h2-3,5-8,13,16,18H,1,4H2,(H,26,27,28)/t13-,16-/m1/s1. The molecule has 4 rings (SSSR count). The van der Waals surface area contributed by atoms with Gasteiger partial charge in [0, 0.05) is 5.92 Å². The van der Waals surface area contributed by atoms with Crippen LogP contribution in [0.1, 0.15) is 29.0 Å². The van der Waals surface area contributed by atoms with Gasteiger partial charge < -0.3 is 14.2 Å². The summed E-state index contributed by atoms with van der Waals surface area (Å²) in [5.74, 6) is -1.75. The van der Waals surface area contributed by atoms with Crippen LogP contribution in [0.4, 0.5) is 26.7 Å². The minimum absolute atomic E-state index is 0.186. The Labute approximate surface area is 171 Å². The van der Waals surface area contributed by atoms with Gasteiger partial charge in [0.05, 0.1) is 5.56 Å². The van der Waals surface area contributed by atoms with E-state index in [1.165, 1.54) is 6.07 Å². The van der Waals surface area contributed by atoms with Crippen molar-refractivity contribution in [1.29, 1.82) is 0 Å². The summed E-state index contributed by atoms with van der Waals surface area (Å²) in [4.78, 5) is 23.2. The highest BCUT2D eigenvalue weighted by Crippen LogP contribution is 2.42. The van der Waals surface area contributed by atoms with E-state index in [0.717, 1.165) is 17.2 Å². The largest absolute Gasteiger partial charge is 0.453 e. The Bertz CT molecular complexity index is 1040. The van der Waals surface area contributed by atoms with Gasteiger partial charge in [0.2, 0.25) is 0 Å². The van der Waals surface area contributed by atoms with E-state index in [0.29, 0.717) is 25.0 Å². The summed E-state index contributed by atoms with van der Waals surface area (Å²) < 4.78 is 78.7. The number of carbonyl (C=O) groups is 2. The summed E-state index contributed by atoms with van der Waals surface area (Å²) >= 11 is 0. The van der Waals surface area contributed by atoms with Gasteiger partial charge in [0.15, 0.2) is 17.6 Å². The first-order chi connectivity index (χ1) is 14.6. The Balaban J connectivity index is 1.58. The number of nitrogens with one attached hydrogen (secondary N) is 1. The summed E-state index contributed by atoms with van der Waals surface area (Å²) in [7, 11) is 0. The number of halogens is 5. The molecule has 31 heavy (non-hydrogen) atoms. The fourth-order valence-electron chi connectivity index (χ4n) is 3.72. The highest BCUT2D eigenvalue weighted by atomic mass is 19.4. The second kappa shape index (κ2) is 7.71. The number of carbonyl (C=O) groups excluding carboxylic acids is 2. The molecule has 2 amide bonds. The van der Waals surface area contributed by atoms with Gasteiger partial charge in [0.1, 0.15) is 5.75 Å². The Kier molecular flexibility index (Phi) is 5.19. The third-order valence-electron chi connectivity index (χ3n) is 5.04. The number of aryl methyl sites for hydroxylation is 1. The van der Waals surface area contributed by atoms with E-state index in [1.54, 1.807) is 12.1 Å². The number of amides is 2. The quantitative estimate of drug-likeness (QED) is 0.675. The molecule has 0 bridgehead atoms. The maximum atomic E-state index is 12.9. The van der Waals surface area contributed by atoms with Crippen LogP contribution in [-0.4, -0.2) is 24.7 Å². The van der Waals surface area contributed by atoms with Crippen LogP contribution in [0, 0.1) is 0 Å². The molecule has 1 heterocycles. The maximum Gasteiger partial charge on any atom is 0.416 e. The lowest BCUT2D eigenvalue weighted by atomic mass is 9.95. The molecular formula is C20H14F5NO5. The van der Waals surface area contributed by atoms with E-state index in [4.69, 9.17) is 9.47 Å². The minimum atomic E-state index is -4.74. The van der Waals surface area contributed by atoms with Crippen molar-refractivity contribution in [2.75, 3.05) is 0 Å². The molecule has 11 heteroatoms. The van der Waals surface area contributed by atoms with Crippen molar-refractivity contribution < 1.29 is 45.8 Å². The van der Waals surface area contributed by atoms with Gasteiger partial charge >= 0.3 is 18.9 Å². The second-order valence-corrected chi connectivity index (χ2v) is 6.96. The zero-order valence-electron chi connectivity index (χ0n) is 15.5. The van der Waals surface area contributed by atoms with Crippen LogP contribution in [0.15, 0.2) is 36.4 Å². The van der Waals surface area contributed by atoms with E-state index in [1.807, 2.05) is 0 Å². The first-order valence-electron chi connectivity index (χ1n) is 9.10. The Hall–Kier alpha value is -3.37. The van der Waals surface area contributed by atoms with Gasteiger partial charge in [-0.25, -0.2) is 4.79 Å². The molecule has 0 radical (unpaired) electrons. The molecule has 2 aromatic rings. The predicted octanol–water partition coefficient (Wildman–Crippen LogP) is 4.76. The smallest absolute Gasteiger partial charge is 0.416 e. The van der Waals surface area contributed by atoms with E-state index in [-0.39, 0.29) is 17.4 Å². The molecule has 1 saturated heterocycles. The third kappa shape index (κ3) is 4.25. The van der Waals surface area contributed by atoms with Crippen molar-refractivity contribution in [3.8, 4) is 17.2 Å². The minimum Gasteiger partial charge on any atom is -0.453 e. The second-order valence-electron chi connectivity index (χ2n) is 6.96. The summed E-state index contributed by atoms with van der Waals surface area (Å²) in [5.41, 5.74) is 0.386. The number of ether oxygens (including phenoxy) is 3. The molecule has 2 atom stereocenters. The number of alkyl halides is 5. The van der Waals surface area contributed by atoms with Crippen molar-refractivity contribution in [3.05, 3.63) is 53.1 Å². The molecule has 0 unspecified atom stereocenters. The highest BCUT2D eigenvalue weighted by Gasteiger charge is 2.42. The first kappa shape index (κ1) is 20.9. The van der Waals surface area contributed by atoms with Crippen molar-refractivity contribution in [2.45, 2.75) is 37.7 Å². The first-order valence-corrected chi connectivity index (χ1v) is 9.10. The Morgan fingerprint density at radius 2 is 1.84 bits per heavy atom. The molecule has 1 N–H and O–H groups in total. The van der Waals surface area contributed by atoms with Crippen LogP contribution >= 0.6 is 0 Å². The molecule has 164 valence electrons. The van der Waals surface area contributed by atoms with Gasteiger partial charge in [-0.3, -0.25) is 10.1 Å². The SMILES string of the molecule is O=C1NC(=O)[C@@H]([C@@H]2CCc3cc(Oc4ccc(C(F)(F)F)cc4OC(F)F)ccc32)O1. The van der Waals surface area contributed by atoms with Crippen molar-refractivity contribution in [2.24, 2.45) is 0 Å². The van der Waals surface area contributed by atoms with Gasteiger partial charge in [-0.15, -0.1) is 0 Å². The van der Waals surface area contributed by atoms with Crippen LogP contribution in [0.2, 0.25) is 0 Å². The third-order valence-corrected chi connectivity index (χ3v) is 5.04. The normalized spacial score (nSPS) is 20.5. The van der Waals surface area contributed by atoms with Crippen LogP contribution in [0.5, 0.6) is 17.2 Å². The van der Waals surface area contributed by atoms with Gasteiger partial charge in [-0.1, -0.05) is 6.07 Å². The molecule has 0 saturated carbocycles. The van der Waals surface area contributed by atoms with Crippen molar-refractivity contribution in [3.63, 3.8) is 0 Å². The number of imide groups is 1. The monoisotopic (exact) mass is 443 g/mol. The predicted molar refractivity (Wildman–Crippen MR) is 94.1 cm³/mol. The molecule has 0 spiro atoms. The zero-order valence-corrected chi connectivity index (χ0v) is 15.5. The van der Waals surface area contributed by atoms with Gasteiger partial charge in [0.25, 0.3) is 5.91 Å². The lowest BCUT2D eigenvalue weighted by Crippen LogP contribution is -2.28. The number of fused-ring (bicyclic) bond motifs is 1. The zero-order chi connectivity index (χ0) is 22.3. The Morgan fingerprint density at radius 1 is 1.06 bits per heavy atom. The summed E-state index contributed by atoms with van der Waals surface area (Å²) in [5, 5.41) is 2.08. The van der Waals surface area contributed by atoms with E-state index in [2.05, 4.69) is 10.1 Å². The fraction of sp³-hybridized carbons (Fsp3) is 0.300. The topological polar surface area (TPSA) is 73.9 Å². The average molecular weight is 443 g/mol. The maximum absolute atomic E-state index is 12.9. The number of hydrogen-bond acceptors (Lipinski definition) is 5. The fourth-order valence-corrected chi connectivity index (χ4v) is 3.72. The molecule has 1 fully saturated rings. The molecule has 1 aliphatic heterocycles. The highest BCUT2D eigenvalue weighted by molar-refractivity contribution is 6.00. The van der Waals surface area contributed by atoms with Crippen LogP contribution in [0.3, 0.4) is 0 Å². The summed E-state index contributed by atoms with van der Waals surface area (Å²) in [6.45, 7) is -3.34. The number of hydrogen-bond donors (Lipinski definition) is 1. The van der Waals surface area contributed by atoms with Crippen LogP contribution in [-0.2, 0) is 22.1 Å². The molecular weight excluding hydrogens is 429 g/mol. The summed E-state index contributed by atoms with van der Waals surface area (Å²) in [6, 6.07) is 6.75. The van der Waals surface area contributed by atoms with Gasteiger partial charge in [-0.2, -0.15) is 22.0 Å². The van der Waals surface area contributed by atoms with E-state index >= 15 is 0 Å². The Morgan fingerprint density at radius 3 is 2.48 bits per heavy atom. The van der Waals surface area contributed by atoms with Crippen LogP contribution in [0.25, 0.3) is 0 Å². The van der Waals surface area contributed by atoms with Crippen molar-refractivity contribution in [1.82, 2.24) is 5.32 Å². The van der Waals surface area contributed by atoms with E-state index in [9.17, 15) is 31.5 Å².